The summed E-state index contributed by atoms with van der Waals surface area (Å²) in [5, 5.41) is 12.9. The minimum atomic E-state index is -1.18. The molecule has 176 valence electrons. The summed E-state index contributed by atoms with van der Waals surface area (Å²) < 4.78 is 10.6. The third kappa shape index (κ3) is 6.27. The first-order chi connectivity index (χ1) is 15.7. The monoisotopic (exact) mass is 455 g/mol. The zero-order valence-electron chi connectivity index (χ0n) is 19.0. The van der Waals surface area contributed by atoms with Crippen molar-refractivity contribution in [1.29, 1.82) is 0 Å². The molecule has 10 nitrogen and oxygen atoms in total. The number of nitrogens with one attached hydrogen (secondary N) is 1. The summed E-state index contributed by atoms with van der Waals surface area (Å²) in [6.45, 7) is 5.33. The number of morpholine rings is 1. The van der Waals surface area contributed by atoms with Crippen molar-refractivity contribution in [3.05, 3.63) is 47.3 Å². The number of aromatic nitrogens is 1. The molecule has 1 aliphatic rings. The van der Waals surface area contributed by atoms with E-state index in [9.17, 15) is 14.7 Å². The minimum absolute atomic E-state index is 0.0131. The van der Waals surface area contributed by atoms with Crippen LogP contribution in [0.3, 0.4) is 0 Å². The second kappa shape index (κ2) is 10.4. The van der Waals surface area contributed by atoms with Crippen LogP contribution in [0.25, 0.3) is 0 Å². The van der Waals surface area contributed by atoms with Gasteiger partial charge in [-0.15, -0.1) is 0 Å². The average Bonchev–Trinajstić information content (AvgIpc) is 2.80. The molecular weight excluding hydrogens is 426 g/mol. The Labute approximate surface area is 192 Å². The third-order valence-electron chi connectivity index (χ3n) is 5.08. The van der Waals surface area contributed by atoms with Gasteiger partial charge in [-0.3, -0.25) is 14.6 Å². The normalized spacial score (nSPS) is 14.4. The number of carbonyl (C=O) groups excluding carboxylic acids is 2. The maximum atomic E-state index is 12.8. The molecule has 1 saturated heterocycles. The predicted molar refractivity (Wildman–Crippen MR) is 125 cm³/mol. The van der Waals surface area contributed by atoms with E-state index in [-0.39, 0.29) is 18.1 Å². The van der Waals surface area contributed by atoms with Gasteiger partial charge in [-0.1, -0.05) is 6.07 Å². The molecule has 33 heavy (non-hydrogen) atoms. The van der Waals surface area contributed by atoms with Crippen molar-refractivity contribution in [1.82, 2.24) is 9.88 Å². The topological polar surface area (TPSA) is 139 Å². The number of anilines is 2. The summed E-state index contributed by atoms with van der Waals surface area (Å²) in [5.74, 6) is -0.205. The number of pyridine rings is 1. The molecule has 0 aliphatic carbocycles. The molecule has 0 radical (unpaired) electrons. The summed E-state index contributed by atoms with van der Waals surface area (Å²) in [4.78, 5) is 35.2. The van der Waals surface area contributed by atoms with Crippen LogP contribution in [0.15, 0.2) is 35.3 Å². The highest BCUT2D eigenvalue weighted by Gasteiger charge is 2.20. The van der Waals surface area contributed by atoms with E-state index in [2.05, 4.69) is 15.3 Å². The third-order valence-corrected chi connectivity index (χ3v) is 5.08. The Hall–Kier alpha value is -3.50. The van der Waals surface area contributed by atoms with Crippen LogP contribution in [0.4, 0.5) is 11.4 Å². The molecule has 0 atom stereocenters. The Morgan fingerprint density at radius 3 is 2.73 bits per heavy atom. The lowest BCUT2D eigenvalue weighted by atomic mass is 10.0. The van der Waals surface area contributed by atoms with Crippen LogP contribution in [0.2, 0.25) is 0 Å². The Morgan fingerprint density at radius 2 is 2.06 bits per heavy atom. The number of hydrogen-bond acceptors (Lipinski definition) is 8. The molecule has 2 heterocycles. The van der Waals surface area contributed by atoms with Crippen molar-refractivity contribution < 1.29 is 24.2 Å². The van der Waals surface area contributed by atoms with Crippen LogP contribution in [-0.4, -0.2) is 73.0 Å². The average molecular weight is 456 g/mol. The fourth-order valence-electron chi connectivity index (χ4n) is 3.21. The van der Waals surface area contributed by atoms with Crippen molar-refractivity contribution in [3.8, 4) is 5.75 Å². The number of nitrogen functional groups attached to an aromatic ring is 1. The number of nitrogens with zero attached hydrogens (tertiary/aromatic N) is 3. The van der Waals surface area contributed by atoms with E-state index in [1.165, 1.54) is 13.3 Å². The summed E-state index contributed by atoms with van der Waals surface area (Å²) in [5.41, 5.74) is 6.71. The van der Waals surface area contributed by atoms with Crippen molar-refractivity contribution in [2.75, 3.05) is 51.0 Å². The summed E-state index contributed by atoms with van der Waals surface area (Å²) in [6, 6.07) is 8.04. The summed E-state index contributed by atoms with van der Waals surface area (Å²) >= 11 is 0. The first-order valence-corrected chi connectivity index (χ1v) is 10.5. The highest BCUT2D eigenvalue weighted by molar-refractivity contribution is 6.05. The van der Waals surface area contributed by atoms with Crippen molar-refractivity contribution >= 4 is 29.4 Å². The highest BCUT2D eigenvalue weighted by Crippen LogP contribution is 2.30. The number of carbonyl (C=O) groups is 2. The van der Waals surface area contributed by atoms with Gasteiger partial charge >= 0.3 is 0 Å². The van der Waals surface area contributed by atoms with E-state index < -0.39 is 11.5 Å². The maximum Gasteiger partial charge on any atom is 0.274 e. The number of rotatable bonds is 7. The van der Waals surface area contributed by atoms with Crippen molar-refractivity contribution in [2.24, 2.45) is 4.99 Å². The molecule has 1 aromatic heterocycles. The van der Waals surface area contributed by atoms with Crippen molar-refractivity contribution in [2.45, 2.75) is 19.4 Å². The Balaban J connectivity index is 1.76. The molecule has 2 amide bonds. The predicted octanol–water partition coefficient (Wildman–Crippen LogP) is 1.43. The van der Waals surface area contributed by atoms with E-state index in [0.717, 1.165) is 0 Å². The number of hydrogen-bond donors (Lipinski definition) is 3. The smallest absolute Gasteiger partial charge is 0.274 e. The second-order valence-electron chi connectivity index (χ2n) is 8.07. The summed E-state index contributed by atoms with van der Waals surface area (Å²) in [7, 11) is 1.46. The lowest BCUT2D eigenvalue weighted by Gasteiger charge is -2.26. The first-order valence-electron chi connectivity index (χ1n) is 10.5. The Kier molecular flexibility index (Phi) is 7.62. The van der Waals surface area contributed by atoms with Gasteiger partial charge in [0.2, 0.25) is 5.91 Å². The largest absolute Gasteiger partial charge is 0.494 e. The van der Waals surface area contributed by atoms with Gasteiger partial charge in [-0.25, -0.2) is 4.98 Å². The lowest BCUT2D eigenvalue weighted by Crippen LogP contribution is -2.41. The zero-order chi connectivity index (χ0) is 24.0. The van der Waals surface area contributed by atoms with Gasteiger partial charge in [-0.05, 0) is 32.0 Å². The van der Waals surface area contributed by atoms with Gasteiger partial charge in [0.05, 0.1) is 31.7 Å². The molecule has 3 rings (SSSR count). The number of amides is 2. The Bertz CT molecular complexity index is 1040. The van der Waals surface area contributed by atoms with Crippen LogP contribution >= 0.6 is 0 Å². The summed E-state index contributed by atoms with van der Waals surface area (Å²) in [6.07, 6.45) is 1.50. The van der Waals surface area contributed by atoms with Gasteiger partial charge in [0.25, 0.3) is 5.91 Å². The van der Waals surface area contributed by atoms with Gasteiger partial charge in [0.1, 0.15) is 23.6 Å². The van der Waals surface area contributed by atoms with E-state index >= 15 is 0 Å². The van der Waals surface area contributed by atoms with E-state index in [4.69, 9.17) is 15.2 Å². The lowest BCUT2D eigenvalue weighted by molar-refractivity contribution is -0.133. The number of nitrogens with two attached hydrogens (primary N) is 1. The number of benzene rings is 1. The maximum absolute atomic E-state index is 12.8. The van der Waals surface area contributed by atoms with E-state index in [1.54, 1.807) is 49.1 Å². The molecule has 0 spiro atoms. The van der Waals surface area contributed by atoms with Crippen LogP contribution in [0.5, 0.6) is 5.75 Å². The van der Waals surface area contributed by atoms with E-state index in [1.807, 2.05) is 0 Å². The number of aliphatic hydroxyl groups is 1. The van der Waals surface area contributed by atoms with Gasteiger partial charge in [0.15, 0.2) is 0 Å². The molecule has 1 aromatic carbocycles. The first kappa shape index (κ1) is 24.1. The quantitative estimate of drug-likeness (QED) is 0.424. The highest BCUT2D eigenvalue weighted by atomic mass is 16.5. The standard InChI is InChI=1S/C23H29N5O5/c1-23(2,31)20-6-4-5-17(26-20)22(30)27-18-11-15(16(24)12-19(18)32-3)13-25-14-21(29)28-7-9-33-10-8-28/h4-6,11-13,31H,7-10,14,24H2,1-3H3,(H,27,30). The molecule has 0 saturated carbocycles. The Morgan fingerprint density at radius 1 is 1.33 bits per heavy atom. The zero-order valence-corrected chi connectivity index (χ0v) is 19.0. The number of ether oxygens (including phenoxy) is 2. The van der Waals surface area contributed by atoms with Gasteiger partial charge < -0.3 is 30.5 Å². The van der Waals surface area contributed by atoms with Crippen LogP contribution in [-0.2, 0) is 15.1 Å². The van der Waals surface area contributed by atoms with Gasteiger partial charge in [-0.2, -0.15) is 0 Å². The minimum Gasteiger partial charge on any atom is -0.494 e. The molecule has 1 aliphatic heterocycles. The van der Waals surface area contributed by atoms with Crippen LogP contribution < -0.4 is 15.8 Å². The molecular formula is C23H29N5O5. The fourth-order valence-corrected chi connectivity index (χ4v) is 3.21. The number of methoxy groups -OCH3 is 1. The van der Waals surface area contributed by atoms with E-state index in [0.29, 0.717) is 54.7 Å². The van der Waals surface area contributed by atoms with Crippen molar-refractivity contribution in [3.63, 3.8) is 0 Å². The molecule has 1 fully saturated rings. The second-order valence-corrected chi connectivity index (χ2v) is 8.07. The van der Waals surface area contributed by atoms with Crippen LogP contribution in [0, 0.1) is 0 Å². The molecule has 2 aromatic rings. The number of aliphatic imine (C=N–C) groups is 1. The van der Waals surface area contributed by atoms with Gasteiger partial charge in [0, 0.05) is 36.6 Å². The molecule has 10 heteroatoms. The fraction of sp³-hybridized carbons (Fsp3) is 0.391. The molecule has 4 N–H and O–H groups in total. The van der Waals surface area contributed by atoms with Crippen LogP contribution in [0.1, 0.15) is 35.6 Å². The molecule has 0 bridgehead atoms. The SMILES string of the molecule is COc1cc(N)c(C=NCC(=O)N2CCOCC2)cc1NC(=O)c1cccc(C(C)(C)O)n1. The molecule has 0 unspecified atom stereocenters.